The van der Waals surface area contributed by atoms with Crippen molar-refractivity contribution in [3.63, 3.8) is 0 Å². The third kappa shape index (κ3) is 5.95. The maximum atomic E-state index is 13.9. The fourth-order valence-corrected chi connectivity index (χ4v) is 6.38. The lowest BCUT2D eigenvalue weighted by Crippen LogP contribution is -2.40. The molecule has 5 rings (SSSR count). The van der Waals surface area contributed by atoms with E-state index in [0.717, 1.165) is 23.1 Å². The molecule has 0 amide bonds. The Morgan fingerprint density at radius 1 is 1.22 bits per heavy atom. The van der Waals surface area contributed by atoms with Crippen LogP contribution < -0.4 is 25.2 Å². The molecule has 0 unspecified atom stereocenters. The summed E-state index contributed by atoms with van der Waals surface area (Å²) in [5.74, 6) is 0.284. The molecule has 1 N–H and O–H groups in total. The zero-order valence-electron chi connectivity index (χ0n) is 22.7. The van der Waals surface area contributed by atoms with Crippen LogP contribution in [-0.2, 0) is 9.53 Å². The minimum Gasteiger partial charge on any atom is -0.496 e. The van der Waals surface area contributed by atoms with Gasteiger partial charge in [0.05, 0.1) is 29.0 Å². The van der Waals surface area contributed by atoms with Crippen LogP contribution in [0, 0.1) is 6.92 Å². The topological polar surface area (TPSA) is 129 Å². The molecule has 0 fully saturated rings. The van der Waals surface area contributed by atoms with E-state index in [-0.39, 0.29) is 22.8 Å². The number of rotatable bonds is 7. The molecule has 0 spiro atoms. The Balaban J connectivity index is 1.62. The van der Waals surface area contributed by atoms with Gasteiger partial charge in [0.15, 0.2) is 15.1 Å². The highest BCUT2D eigenvalue weighted by atomic mass is 35.5. The summed E-state index contributed by atoms with van der Waals surface area (Å²) >= 11 is 8.67. The average Bonchev–Trinajstić information content (AvgIpc) is 3.45. The number of hydrogen-bond acceptors (Lipinski definition) is 10. The molecular weight excluding hydrogens is 588 g/mol. The van der Waals surface area contributed by atoms with E-state index >= 15 is 0 Å². The number of aromatic amines is 1. The van der Waals surface area contributed by atoms with Gasteiger partial charge in [-0.15, -0.1) is 0 Å². The number of thiazole rings is 1. The molecule has 1 aliphatic rings. The van der Waals surface area contributed by atoms with E-state index < -0.39 is 12.0 Å². The summed E-state index contributed by atoms with van der Waals surface area (Å²) in [5, 5.41) is 1.29. The van der Waals surface area contributed by atoms with Gasteiger partial charge in [0.25, 0.3) is 11.1 Å². The quantitative estimate of drug-likeness (QED) is 0.245. The summed E-state index contributed by atoms with van der Waals surface area (Å²) in [6, 6.07) is 8.97. The van der Waals surface area contributed by atoms with Gasteiger partial charge in [-0.05, 0) is 69.8 Å². The number of benzene rings is 1. The van der Waals surface area contributed by atoms with Crippen molar-refractivity contribution in [1.82, 2.24) is 14.5 Å². The lowest BCUT2D eigenvalue weighted by molar-refractivity contribution is -0.143. The van der Waals surface area contributed by atoms with Gasteiger partial charge < -0.3 is 18.9 Å². The second-order valence-corrected chi connectivity index (χ2v) is 11.8. The monoisotopic (exact) mass is 612 g/mol. The highest BCUT2D eigenvalue weighted by molar-refractivity contribution is 7.99. The Morgan fingerprint density at radius 2 is 2.00 bits per heavy atom. The van der Waals surface area contributed by atoms with Gasteiger partial charge >= 0.3 is 5.97 Å². The van der Waals surface area contributed by atoms with Crippen molar-refractivity contribution in [2.45, 2.75) is 50.1 Å². The predicted octanol–water partition coefficient (Wildman–Crippen LogP) is 3.98. The van der Waals surface area contributed by atoms with E-state index in [1.807, 2.05) is 0 Å². The normalized spacial score (nSPS) is 15.2. The molecule has 4 aromatic rings. The second-order valence-electron chi connectivity index (χ2n) is 9.37. The summed E-state index contributed by atoms with van der Waals surface area (Å²) in [5.41, 5.74) is 1.11. The molecular formula is C28H25ClN4O6S2. The number of esters is 1. The number of allylic oxidation sites excluding steroid dienone is 1. The summed E-state index contributed by atoms with van der Waals surface area (Å²) in [6.07, 6.45) is 1.23. The highest BCUT2D eigenvalue weighted by Crippen LogP contribution is 2.37. The first-order valence-electron chi connectivity index (χ1n) is 12.5. The molecule has 0 radical (unpaired) electrons. The predicted molar refractivity (Wildman–Crippen MR) is 155 cm³/mol. The number of nitrogens with one attached hydrogen (secondary N) is 1. The van der Waals surface area contributed by atoms with Crippen LogP contribution in [0.25, 0.3) is 6.08 Å². The number of ether oxygens (including phenoxy) is 2. The van der Waals surface area contributed by atoms with E-state index in [0.29, 0.717) is 53.1 Å². The molecule has 0 saturated carbocycles. The third-order valence-electron chi connectivity index (χ3n) is 5.99. The number of nitrogens with zero attached hydrogens (tertiary/aromatic N) is 3. The Kier molecular flexibility index (Phi) is 8.07. The summed E-state index contributed by atoms with van der Waals surface area (Å²) in [6.45, 7) is 6.94. The van der Waals surface area contributed by atoms with Crippen molar-refractivity contribution in [2.75, 3.05) is 7.11 Å². The highest BCUT2D eigenvalue weighted by Gasteiger charge is 2.35. The lowest BCUT2D eigenvalue weighted by atomic mass is 9.95. The molecule has 1 atom stereocenters. The zero-order chi connectivity index (χ0) is 29.4. The first-order valence-corrected chi connectivity index (χ1v) is 14.5. The second kappa shape index (κ2) is 11.6. The van der Waals surface area contributed by atoms with Crippen LogP contribution in [-0.4, -0.2) is 33.7 Å². The molecule has 10 nitrogen and oxygen atoms in total. The van der Waals surface area contributed by atoms with Crippen LogP contribution in [0.5, 0.6) is 5.75 Å². The van der Waals surface area contributed by atoms with Crippen LogP contribution in [0.2, 0.25) is 5.02 Å². The lowest BCUT2D eigenvalue weighted by Gasteiger charge is -2.26. The average molecular weight is 613 g/mol. The maximum Gasteiger partial charge on any atom is 0.338 e. The van der Waals surface area contributed by atoms with Crippen LogP contribution in [0.15, 0.2) is 76.9 Å². The van der Waals surface area contributed by atoms with Gasteiger partial charge in [-0.2, -0.15) is 0 Å². The van der Waals surface area contributed by atoms with Crippen molar-refractivity contribution >= 4 is 46.7 Å². The Bertz CT molecular complexity index is 1940. The molecule has 3 aromatic heterocycles. The Labute approximate surface area is 247 Å². The molecule has 0 bridgehead atoms. The molecule has 1 aromatic carbocycles. The number of carbonyl (C=O) groups excluding carboxylic acids is 1. The number of aromatic nitrogens is 3. The molecule has 4 heterocycles. The van der Waals surface area contributed by atoms with Crippen molar-refractivity contribution in [1.29, 1.82) is 0 Å². The van der Waals surface area contributed by atoms with Gasteiger partial charge in [0, 0.05) is 28.4 Å². The molecule has 41 heavy (non-hydrogen) atoms. The first kappa shape index (κ1) is 28.7. The summed E-state index contributed by atoms with van der Waals surface area (Å²) in [4.78, 5) is 50.9. The van der Waals surface area contributed by atoms with Crippen LogP contribution >= 0.6 is 34.7 Å². The van der Waals surface area contributed by atoms with Crippen LogP contribution in [0.4, 0.5) is 0 Å². The number of furan rings is 1. The van der Waals surface area contributed by atoms with Crippen molar-refractivity contribution in [2.24, 2.45) is 4.99 Å². The summed E-state index contributed by atoms with van der Waals surface area (Å²) < 4.78 is 18.8. The molecule has 13 heteroatoms. The van der Waals surface area contributed by atoms with Crippen LogP contribution in [0.1, 0.15) is 43.8 Å². The number of H-pyrrole nitrogens is 1. The third-order valence-corrected chi connectivity index (χ3v) is 8.02. The fraction of sp³-hybridized carbons (Fsp3) is 0.250. The number of halogens is 1. The van der Waals surface area contributed by atoms with E-state index in [1.165, 1.54) is 17.7 Å². The van der Waals surface area contributed by atoms with Gasteiger partial charge in [0.2, 0.25) is 0 Å². The standard InChI is InChI=1S/C28H25ClN4O6S2/c1-13(2)38-26(36)23-15(4)31-28-33(24(23)18-11-16(29)6-8-19(18)37-5)25(35)20(40-28)12-17-7-9-22(39-17)41-27-30-14(3)10-21(34)32-27/h6-13,24H,1-5H3,(H,30,32,34)/b20-12-/t24-/m0/s1. The Hall–Kier alpha value is -3.87. The molecule has 0 saturated heterocycles. The number of methoxy groups -OCH3 is 1. The zero-order valence-corrected chi connectivity index (χ0v) is 25.1. The number of carbonyl (C=O) groups is 1. The Morgan fingerprint density at radius 3 is 2.71 bits per heavy atom. The van der Waals surface area contributed by atoms with E-state index in [9.17, 15) is 14.4 Å². The van der Waals surface area contributed by atoms with Gasteiger partial charge in [-0.25, -0.2) is 14.8 Å². The van der Waals surface area contributed by atoms with Crippen molar-refractivity contribution in [3.8, 4) is 5.75 Å². The van der Waals surface area contributed by atoms with Crippen LogP contribution in [0.3, 0.4) is 0 Å². The van der Waals surface area contributed by atoms with E-state index in [4.69, 9.17) is 25.5 Å². The fourth-order valence-electron chi connectivity index (χ4n) is 4.36. The van der Waals surface area contributed by atoms with Gasteiger partial charge in [-0.3, -0.25) is 14.2 Å². The van der Waals surface area contributed by atoms with Crippen molar-refractivity contribution < 1.29 is 18.7 Å². The van der Waals surface area contributed by atoms with Gasteiger partial charge in [-0.1, -0.05) is 22.9 Å². The molecule has 1 aliphatic heterocycles. The number of fused-ring (bicyclic) bond motifs is 1. The van der Waals surface area contributed by atoms with E-state index in [1.54, 1.807) is 64.1 Å². The largest absolute Gasteiger partial charge is 0.496 e. The number of hydrogen-bond donors (Lipinski definition) is 1. The SMILES string of the molecule is COc1ccc(Cl)cc1[C@H]1C(C(=O)OC(C)C)=C(C)N=c2s/c(=C\c3ccc(Sc4nc(C)cc(=O)[nH]4)o3)c(=O)n21. The minimum absolute atomic E-state index is 0.217. The van der Waals surface area contributed by atoms with Gasteiger partial charge in [0.1, 0.15) is 17.6 Å². The van der Waals surface area contributed by atoms with E-state index in [2.05, 4.69) is 15.0 Å². The van der Waals surface area contributed by atoms with Crippen molar-refractivity contribution in [3.05, 3.63) is 99.7 Å². The molecule has 212 valence electrons. The molecule has 0 aliphatic carbocycles. The minimum atomic E-state index is -0.889. The summed E-state index contributed by atoms with van der Waals surface area (Å²) in [7, 11) is 1.51. The maximum absolute atomic E-state index is 13.9. The first-order chi connectivity index (χ1) is 19.5. The smallest absolute Gasteiger partial charge is 0.338 e. The number of aryl methyl sites for hydroxylation is 1.